The first-order valence-corrected chi connectivity index (χ1v) is 9.79. The summed E-state index contributed by atoms with van der Waals surface area (Å²) in [7, 11) is 1.96. The molecule has 0 N–H and O–H groups in total. The van der Waals surface area contributed by atoms with Crippen LogP contribution in [0.15, 0.2) is 40.6 Å². The molecule has 7 nitrogen and oxygen atoms in total. The molecule has 0 radical (unpaired) electrons. The van der Waals surface area contributed by atoms with Gasteiger partial charge in [-0.1, -0.05) is 6.07 Å². The van der Waals surface area contributed by atoms with Crippen molar-refractivity contribution in [1.82, 2.24) is 24.6 Å². The molecule has 0 bridgehead atoms. The number of amides is 1. The van der Waals surface area contributed by atoms with Crippen LogP contribution in [0.2, 0.25) is 0 Å². The number of aryl methyl sites for hydroxylation is 2. The van der Waals surface area contributed by atoms with Gasteiger partial charge in [0.25, 0.3) is 5.91 Å². The molecule has 2 aromatic rings. The molecule has 4 rings (SSSR count). The molecule has 8 heteroatoms. The molecule has 0 saturated carbocycles. The Kier molecular flexibility index (Phi) is 5.09. The topological polar surface area (TPSA) is 66.6 Å². The van der Waals surface area contributed by atoms with E-state index in [1.165, 1.54) is 17.3 Å². The Morgan fingerprint density at radius 2 is 2.07 bits per heavy atom. The smallest absolute Gasteiger partial charge is 0.286 e. The lowest BCUT2D eigenvalue weighted by molar-refractivity contribution is -0.113. The third kappa shape index (κ3) is 4.12. The van der Waals surface area contributed by atoms with Gasteiger partial charge in [-0.15, -0.1) is 0 Å². The number of aromatic nitrogens is 3. The van der Waals surface area contributed by atoms with Gasteiger partial charge in [0.05, 0.1) is 10.6 Å². The first-order chi connectivity index (χ1) is 13.1. The van der Waals surface area contributed by atoms with E-state index >= 15 is 0 Å². The van der Waals surface area contributed by atoms with Crippen LogP contribution < -0.4 is 0 Å². The second-order valence-electron chi connectivity index (χ2n) is 6.77. The highest BCUT2D eigenvalue weighted by molar-refractivity contribution is 8.18. The fourth-order valence-electron chi connectivity index (χ4n) is 3.29. The molecule has 0 unspecified atom stereocenters. The zero-order valence-corrected chi connectivity index (χ0v) is 16.3. The molecule has 2 aromatic heterocycles. The Hall–Kier alpha value is -2.45. The lowest BCUT2D eigenvalue weighted by Gasteiger charge is -2.35. The summed E-state index contributed by atoms with van der Waals surface area (Å²) in [5.41, 5.74) is 3.28. The van der Waals surface area contributed by atoms with Crippen molar-refractivity contribution in [2.45, 2.75) is 13.5 Å². The number of carbonyl (C=O) groups is 1. The summed E-state index contributed by atoms with van der Waals surface area (Å²) in [5, 5.41) is 5.23. The Morgan fingerprint density at radius 3 is 2.74 bits per heavy atom. The summed E-state index contributed by atoms with van der Waals surface area (Å²) >= 11 is 1.46. The van der Waals surface area contributed by atoms with Gasteiger partial charge < -0.3 is 4.90 Å². The summed E-state index contributed by atoms with van der Waals surface area (Å²) < 4.78 is 1.87. The number of nitrogens with zero attached hydrogens (tertiary/aromatic N) is 6. The van der Waals surface area contributed by atoms with Crippen molar-refractivity contribution in [2.75, 3.05) is 26.2 Å². The molecular weight excluding hydrogens is 360 g/mol. The highest BCUT2D eigenvalue weighted by atomic mass is 32.2. The van der Waals surface area contributed by atoms with Gasteiger partial charge in [0.2, 0.25) is 0 Å². The lowest BCUT2D eigenvalue weighted by Crippen LogP contribution is -2.47. The quantitative estimate of drug-likeness (QED) is 0.756. The molecule has 1 saturated heterocycles. The number of carbonyl (C=O) groups excluding carboxylic acids is 1. The van der Waals surface area contributed by atoms with E-state index in [2.05, 4.69) is 38.0 Å². The third-order valence-corrected chi connectivity index (χ3v) is 5.79. The molecule has 140 valence electrons. The van der Waals surface area contributed by atoms with Crippen LogP contribution in [-0.2, 0) is 18.4 Å². The summed E-state index contributed by atoms with van der Waals surface area (Å²) in [6.07, 6.45) is 7.42. The van der Waals surface area contributed by atoms with Crippen LogP contribution in [0, 0.1) is 6.92 Å². The van der Waals surface area contributed by atoms with E-state index in [0.717, 1.165) is 49.1 Å². The molecule has 2 aliphatic heterocycles. The van der Waals surface area contributed by atoms with Crippen LogP contribution in [0.4, 0.5) is 0 Å². The molecule has 0 spiro atoms. The Balaban J connectivity index is 1.35. The van der Waals surface area contributed by atoms with E-state index in [4.69, 9.17) is 0 Å². The number of thioether (sulfide) groups is 1. The average molecular weight is 382 g/mol. The SMILES string of the molecule is Cc1nn(C)cc1CN1CCN(C2=NC(=O)/C(=C/c3cccnc3)S2)CC1. The fourth-order valence-corrected chi connectivity index (χ4v) is 4.25. The normalized spacial score (nSPS) is 19.8. The largest absolute Gasteiger partial charge is 0.348 e. The molecule has 2 aliphatic rings. The monoisotopic (exact) mass is 382 g/mol. The maximum Gasteiger partial charge on any atom is 0.286 e. The van der Waals surface area contributed by atoms with Crippen molar-refractivity contribution in [2.24, 2.45) is 12.0 Å². The van der Waals surface area contributed by atoms with Gasteiger partial charge in [-0.3, -0.25) is 19.4 Å². The standard InChI is InChI=1S/C19H22N6OS/c1-14-16(12-23(2)22-14)13-24-6-8-25(9-7-24)19-21-18(26)17(27-19)10-15-4-3-5-20-11-15/h3-5,10-12H,6-9,13H2,1-2H3/b17-10-. The maximum absolute atomic E-state index is 12.2. The minimum absolute atomic E-state index is 0.160. The van der Waals surface area contributed by atoms with Gasteiger partial charge in [-0.2, -0.15) is 10.1 Å². The summed E-state index contributed by atoms with van der Waals surface area (Å²) in [6, 6.07) is 3.80. The summed E-state index contributed by atoms with van der Waals surface area (Å²) in [6.45, 7) is 6.61. The zero-order valence-electron chi connectivity index (χ0n) is 15.5. The van der Waals surface area contributed by atoms with Gasteiger partial charge in [-0.25, -0.2) is 0 Å². The van der Waals surface area contributed by atoms with E-state index in [1.807, 2.05) is 29.9 Å². The predicted octanol–water partition coefficient (Wildman–Crippen LogP) is 1.91. The van der Waals surface area contributed by atoms with Crippen molar-refractivity contribution < 1.29 is 4.79 Å². The van der Waals surface area contributed by atoms with Crippen LogP contribution in [0.3, 0.4) is 0 Å². The Morgan fingerprint density at radius 1 is 1.26 bits per heavy atom. The third-order valence-electron chi connectivity index (χ3n) is 4.74. The van der Waals surface area contributed by atoms with Crippen molar-refractivity contribution in [1.29, 1.82) is 0 Å². The molecule has 1 amide bonds. The number of rotatable bonds is 3. The van der Waals surface area contributed by atoms with Crippen molar-refractivity contribution >= 4 is 28.9 Å². The van der Waals surface area contributed by atoms with Gasteiger partial charge >= 0.3 is 0 Å². The van der Waals surface area contributed by atoms with Gasteiger partial charge in [0, 0.05) is 63.9 Å². The Bertz CT molecular complexity index is 896. The second-order valence-corrected chi connectivity index (χ2v) is 7.78. The van der Waals surface area contributed by atoms with E-state index in [1.54, 1.807) is 12.4 Å². The van der Waals surface area contributed by atoms with Crippen LogP contribution in [0.25, 0.3) is 6.08 Å². The molecule has 4 heterocycles. The van der Waals surface area contributed by atoms with Crippen LogP contribution in [0.5, 0.6) is 0 Å². The van der Waals surface area contributed by atoms with Crippen LogP contribution in [0.1, 0.15) is 16.8 Å². The maximum atomic E-state index is 12.2. The van der Waals surface area contributed by atoms with Gasteiger partial charge in [0.1, 0.15) is 0 Å². The first-order valence-electron chi connectivity index (χ1n) is 8.97. The van der Waals surface area contributed by atoms with Crippen molar-refractivity contribution in [3.05, 3.63) is 52.4 Å². The van der Waals surface area contributed by atoms with E-state index in [9.17, 15) is 4.79 Å². The van der Waals surface area contributed by atoms with Crippen molar-refractivity contribution in [3.63, 3.8) is 0 Å². The second kappa shape index (κ2) is 7.66. The number of hydrogen-bond acceptors (Lipinski definition) is 6. The summed E-state index contributed by atoms with van der Waals surface area (Å²) in [4.78, 5) is 25.9. The lowest BCUT2D eigenvalue weighted by atomic mass is 10.2. The molecule has 0 atom stereocenters. The van der Waals surface area contributed by atoms with Crippen molar-refractivity contribution in [3.8, 4) is 0 Å². The minimum atomic E-state index is -0.160. The average Bonchev–Trinajstić information content (AvgIpc) is 3.18. The van der Waals surface area contributed by atoms with Gasteiger partial charge in [0.15, 0.2) is 5.17 Å². The highest BCUT2D eigenvalue weighted by Crippen LogP contribution is 2.30. The number of amidine groups is 1. The minimum Gasteiger partial charge on any atom is -0.348 e. The fraction of sp³-hybridized carbons (Fsp3) is 0.368. The number of pyridine rings is 1. The Labute approximate surface area is 162 Å². The van der Waals surface area contributed by atoms with E-state index in [-0.39, 0.29) is 5.91 Å². The van der Waals surface area contributed by atoms with E-state index in [0.29, 0.717) is 4.91 Å². The van der Waals surface area contributed by atoms with Crippen LogP contribution >= 0.6 is 11.8 Å². The molecule has 0 aromatic carbocycles. The molecule has 0 aliphatic carbocycles. The summed E-state index contributed by atoms with van der Waals surface area (Å²) in [5.74, 6) is -0.160. The molecule has 27 heavy (non-hydrogen) atoms. The number of aliphatic imine (C=N–C) groups is 1. The van der Waals surface area contributed by atoms with E-state index < -0.39 is 0 Å². The number of hydrogen-bond donors (Lipinski definition) is 0. The molecule has 1 fully saturated rings. The number of piperazine rings is 1. The predicted molar refractivity (Wildman–Crippen MR) is 107 cm³/mol. The van der Waals surface area contributed by atoms with Crippen LogP contribution in [-0.4, -0.2) is 61.8 Å². The van der Waals surface area contributed by atoms with Gasteiger partial charge in [-0.05, 0) is 36.4 Å². The first kappa shape index (κ1) is 17.9. The zero-order chi connectivity index (χ0) is 18.8. The highest BCUT2D eigenvalue weighted by Gasteiger charge is 2.28. The molecular formula is C19H22N6OS.